The number of ketones is 1. The van der Waals surface area contributed by atoms with Crippen LogP contribution in [0.5, 0.6) is 0 Å². The van der Waals surface area contributed by atoms with E-state index < -0.39 is 15.8 Å². The molecule has 6 nitrogen and oxygen atoms in total. The molecule has 0 saturated carbocycles. The highest BCUT2D eigenvalue weighted by Gasteiger charge is 2.19. The van der Waals surface area contributed by atoms with Gasteiger partial charge in [-0.3, -0.25) is 13.5 Å². The maximum absolute atomic E-state index is 12.3. The number of nitriles is 1. The number of allylic oxidation sites excluding steroid dienone is 1. The lowest BCUT2D eigenvalue weighted by Gasteiger charge is -2.09. The minimum Gasteiger partial charge on any atom is -0.286 e. The zero-order valence-corrected chi connectivity index (χ0v) is 16.0. The molecule has 0 fully saturated rings. The summed E-state index contributed by atoms with van der Waals surface area (Å²) >= 11 is 2.02. The van der Waals surface area contributed by atoms with Gasteiger partial charge in [-0.15, -0.1) is 0 Å². The normalized spacial score (nSPS) is 11.2. The van der Waals surface area contributed by atoms with Crippen LogP contribution >= 0.6 is 30.3 Å². The van der Waals surface area contributed by atoms with Gasteiger partial charge in [0.1, 0.15) is 11.8 Å². The largest absolute Gasteiger partial charge is 0.286 e. The number of aromatic nitrogens is 1. The van der Waals surface area contributed by atoms with Crippen LogP contribution in [-0.2, 0) is 10.0 Å². The molecule has 120 valence electrons. The van der Waals surface area contributed by atoms with E-state index in [4.69, 9.17) is 5.26 Å². The van der Waals surface area contributed by atoms with Gasteiger partial charge in [0.05, 0.1) is 23.0 Å². The number of carbonyl (C=O) groups is 1. The van der Waals surface area contributed by atoms with Gasteiger partial charge < -0.3 is 0 Å². The zero-order chi connectivity index (χ0) is 17.4. The molecular weight excluding hydrogens is 449 g/mol. The highest BCUT2D eigenvalue weighted by atomic mass is 127. The first-order chi connectivity index (χ1) is 10.7. The van der Waals surface area contributed by atoms with E-state index in [0.717, 1.165) is 17.2 Å². The molecule has 1 heterocycles. The van der Waals surface area contributed by atoms with Crippen LogP contribution in [0.1, 0.15) is 16.1 Å². The Kier molecular flexibility index (Phi) is 5.07. The molecule has 0 aliphatic heterocycles. The van der Waals surface area contributed by atoms with Gasteiger partial charge in [-0.25, -0.2) is 8.42 Å². The summed E-state index contributed by atoms with van der Waals surface area (Å²) in [6.45, 7) is 5.23. The molecule has 1 aromatic heterocycles. The van der Waals surface area contributed by atoms with Gasteiger partial charge in [0.15, 0.2) is 0 Å². The number of sulfonamides is 1. The molecule has 9 heteroatoms. The third-order valence-electron chi connectivity index (χ3n) is 3.11. The summed E-state index contributed by atoms with van der Waals surface area (Å²) < 4.78 is 27.0. The molecule has 0 spiro atoms. The molecule has 1 aromatic carbocycles. The van der Waals surface area contributed by atoms with Crippen molar-refractivity contribution in [1.82, 2.24) is 3.97 Å². The second-order valence-electron chi connectivity index (χ2n) is 4.91. The number of rotatable bonds is 5. The number of anilines is 1. The van der Waals surface area contributed by atoms with Gasteiger partial charge in [0.25, 0.3) is 0 Å². The first-order valence-electron chi connectivity index (χ1n) is 6.24. The van der Waals surface area contributed by atoms with Crippen molar-refractivity contribution in [3.8, 4) is 6.07 Å². The van der Waals surface area contributed by atoms with Crippen molar-refractivity contribution in [2.45, 2.75) is 6.92 Å². The fourth-order valence-electron chi connectivity index (χ4n) is 2.09. The van der Waals surface area contributed by atoms with Gasteiger partial charge in [0.2, 0.25) is 15.8 Å². The van der Waals surface area contributed by atoms with Crippen LogP contribution in [0.3, 0.4) is 0 Å². The minimum atomic E-state index is -3.41. The molecular formula is C14H12IN3O3S2. The van der Waals surface area contributed by atoms with E-state index in [1.54, 1.807) is 35.2 Å². The number of Topliss-reactive ketones (excluding diaryl/α,β-unsaturated/α-hetero) is 1. The molecule has 2 rings (SSSR count). The Hall–Kier alpha value is -1.51. The number of aryl methyl sites for hydroxylation is 1. The van der Waals surface area contributed by atoms with Crippen molar-refractivity contribution in [2.24, 2.45) is 0 Å². The van der Waals surface area contributed by atoms with Crippen LogP contribution in [0.2, 0.25) is 0 Å². The SMILES string of the molecule is C=C(C#N)C(=O)c1cc2cc(C)c(NS(C)(=O)=O)cc2n1SI. The van der Waals surface area contributed by atoms with Crippen LogP contribution in [-0.4, -0.2) is 24.4 Å². The van der Waals surface area contributed by atoms with Gasteiger partial charge in [-0.1, -0.05) is 6.58 Å². The summed E-state index contributed by atoms with van der Waals surface area (Å²) in [6.07, 6.45) is 1.08. The third kappa shape index (κ3) is 3.70. The van der Waals surface area contributed by atoms with Crippen LogP contribution in [0.4, 0.5) is 5.69 Å². The average Bonchev–Trinajstić information content (AvgIpc) is 2.81. The fourth-order valence-corrected chi connectivity index (χ4v) is 4.43. The van der Waals surface area contributed by atoms with Crippen LogP contribution in [0, 0.1) is 18.3 Å². The number of benzene rings is 1. The number of hydrogen-bond donors (Lipinski definition) is 1. The summed E-state index contributed by atoms with van der Waals surface area (Å²) in [7, 11) is -2.15. The summed E-state index contributed by atoms with van der Waals surface area (Å²) in [5, 5.41) is 9.63. The first kappa shape index (κ1) is 17.8. The molecule has 1 N–H and O–H groups in total. The van der Waals surface area contributed by atoms with E-state index >= 15 is 0 Å². The smallest absolute Gasteiger partial charge is 0.229 e. The van der Waals surface area contributed by atoms with Gasteiger partial charge in [0, 0.05) is 35.7 Å². The topological polar surface area (TPSA) is 92.0 Å². The minimum absolute atomic E-state index is 0.147. The van der Waals surface area contributed by atoms with E-state index in [1.807, 2.05) is 21.2 Å². The van der Waals surface area contributed by atoms with Crippen LogP contribution < -0.4 is 4.72 Å². The summed E-state index contributed by atoms with van der Waals surface area (Å²) in [4.78, 5) is 12.3. The molecule has 0 radical (unpaired) electrons. The van der Waals surface area contributed by atoms with Gasteiger partial charge in [-0.2, -0.15) is 5.26 Å². The van der Waals surface area contributed by atoms with Crippen molar-refractivity contribution in [2.75, 3.05) is 11.0 Å². The van der Waals surface area contributed by atoms with Gasteiger partial charge >= 0.3 is 0 Å². The van der Waals surface area contributed by atoms with E-state index in [2.05, 4.69) is 11.3 Å². The first-order valence-corrected chi connectivity index (χ1v) is 11.5. The Balaban J connectivity index is 2.70. The maximum Gasteiger partial charge on any atom is 0.229 e. The van der Waals surface area contributed by atoms with Gasteiger partial charge in [-0.05, 0) is 30.7 Å². The number of nitrogens with one attached hydrogen (secondary N) is 1. The Bertz CT molecular complexity index is 971. The lowest BCUT2D eigenvalue weighted by atomic mass is 10.1. The van der Waals surface area contributed by atoms with Crippen LogP contribution in [0.25, 0.3) is 10.9 Å². The van der Waals surface area contributed by atoms with E-state index in [-0.39, 0.29) is 5.57 Å². The third-order valence-corrected chi connectivity index (χ3v) is 5.41. The number of halogens is 1. The van der Waals surface area contributed by atoms with Crippen molar-refractivity contribution >= 4 is 62.7 Å². The average molecular weight is 461 g/mol. The Morgan fingerprint density at radius 3 is 2.61 bits per heavy atom. The highest BCUT2D eigenvalue weighted by molar-refractivity contribution is 14.2. The lowest BCUT2D eigenvalue weighted by Crippen LogP contribution is -2.10. The van der Waals surface area contributed by atoms with E-state index in [9.17, 15) is 13.2 Å². The highest BCUT2D eigenvalue weighted by Crippen LogP contribution is 2.33. The Morgan fingerprint density at radius 1 is 1.43 bits per heavy atom. The van der Waals surface area contributed by atoms with Crippen molar-refractivity contribution in [3.05, 3.63) is 41.6 Å². The Labute approximate surface area is 150 Å². The molecule has 0 amide bonds. The fraction of sp³-hybridized carbons (Fsp3) is 0.143. The van der Waals surface area contributed by atoms with Crippen molar-refractivity contribution in [3.63, 3.8) is 0 Å². The molecule has 0 unspecified atom stereocenters. The van der Waals surface area contributed by atoms with E-state index in [0.29, 0.717) is 16.9 Å². The molecule has 0 saturated heterocycles. The number of nitrogens with zero attached hydrogens (tertiary/aromatic N) is 2. The van der Waals surface area contributed by atoms with Crippen molar-refractivity contribution in [1.29, 1.82) is 5.26 Å². The molecule has 2 aromatic rings. The lowest BCUT2D eigenvalue weighted by molar-refractivity contribution is 0.103. The summed E-state index contributed by atoms with van der Waals surface area (Å²) in [5.41, 5.74) is 2.03. The summed E-state index contributed by atoms with van der Waals surface area (Å²) in [6, 6.07) is 6.88. The Morgan fingerprint density at radius 2 is 2.09 bits per heavy atom. The molecule has 0 aliphatic rings. The second kappa shape index (κ2) is 6.54. The maximum atomic E-state index is 12.3. The van der Waals surface area contributed by atoms with Crippen LogP contribution in [0.15, 0.2) is 30.4 Å². The quantitative estimate of drug-likeness (QED) is 0.319. The monoisotopic (exact) mass is 461 g/mol. The number of hydrogen-bond acceptors (Lipinski definition) is 5. The molecule has 23 heavy (non-hydrogen) atoms. The molecule has 0 aliphatic carbocycles. The molecule has 0 bridgehead atoms. The predicted molar refractivity (Wildman–Crippen MR) is 101 cm³/mol. The zero-order valence-electron chi connectivity index (χ0n) is 12.3. The number of carbonyl (C=O) groups excluding carboxylic acids is 1. The predicted octanol–water partition coefficient (Wildman–Crippen LogP) is 3.43. The number of fused-ring (bicyclic) bond motifs is 1. The second-order valence-corrected chi connectivity index (χ2v) is 8.35. The summed E-state index contributed by atoms with van der Waals surface area (Å²) in [5.74, 6) is -0.455. The van der Waals surface area contributed by atoms with Crippen molar-refractivity contribution < 1.29 is 13.2 Å². The van der Waals surface area contributed by atoms with E-state index in [1.165, 1.54) is 9.12 Å². The molecule has 0 atom stereocenters. The standard InChI is InChI=1S/C14H12IN3O3S2/c1-8-4-10-5-13(14(19)9(2)7-16)18(22-15)12(10)6-11(8)17-23(3,20)21/h4-6,17H,2H2,1,3H3.